The van der Waals surface area contributed by atoms with Gasteiger partial charge in [0.25, 0.3) is 0 Å². The van der Waals surface area contributed by atoms with Crippen LogP contribution in [-0.4, -0.2) is 26.9 Å². The van der Waals surface area contributed by atoms with Crippen molar-refractivity contribution in [1.29, 1.82) is 5.26 Å². The van der Waals surface area contributed by atoms with Crippen LogP contribution in [0.4, 0.5) is 5.69 Å². The number of nitrogens with zero attached hydrogens (tertiary/aromatic N) is 4. The van der Waals surface area contributed by atoms with Gasteiger partial charge < -0.3 is 14.6 Å². The molecule has 1 N–H and O–H groups in total. The van der Waals surface area contributed by atoms with E-state index >= 15 is 0 Å². The van der Waals surface area contributed by atoms with Crippen LogP contribution in [0.3, 0.4) is 0 Å². The maximum absolute atomic E-state index is 12.5. The maximum Gasteiger partial charge on any atom is 0.248 e. The van der Waals surface area contributed by atoms with Crippen LogP contribution in [0.15, 0.2) is 79.3 Å². The van der Waals surface area contributed by atoms with Crippen molar-refractivity contribution in [3.05, 3.63) is 84.8 Å². The molecule has 7 heteroatoms. The van der Waals surface area contributed by atoms with Crippen LogP contribution >= 0.6 is 0 Å². The third-order valence-electron chi connectivity index (χ3n) is 4.95. The summed E-state index contributed by atoms with van der Waals surface area (Å²) in [7, 11) is 0. The van der Waals surface area contributed by atoms with Crippen molar-refractivity contribution in [3.63, 3.8) is 0 Å². The molecular formula is C25H23N5O2. The summed E-state index contributed by atoms with van der Waals surface area (Å²) in [5.41, 5.74) is 2.64. The fourth-order valence-electron chi connectivity index (χ4n) is 3.47. The first kappa shape index (κ1) is 20.9. The number of fused-ring (bicyclic) bond motifs is 1. The van der Waals surface area contributed by atoms with Crippen LogP contribution in [0.25, 0.3) is 17.0 Å². The Bertz CT molecular complexity index is 1270. The second-order valence-electron chi connectivity index (χ2n) is 7.17. The Morgan fingerprint density at radius 2 is 2.06 bits per heavy atom. The van der Waals surface area contributed by atoms with Gasteiger partial charge in [-0.3, -0.25) is 9.48 Å². The second-order valence-corrected chi connectivity index (χ2v) is 7.17. The van der Waals surface area contributed by atoms with Crippen molar-refractivity contribution in [2.75, 3.05) is 11.9 Å². The zero-order valence-electron chi connectivity index (χ0n) is 17.5. The molecule has 2 aromatic heterocycles. The number of rotatable bonds is 9. The van der Waals surface area contributed by atoms with Gasteiger partial charge in [-0.2, -0.15) is 10.4 Å². The zero-order valence-corrected chi connectivity index (χ0v) is 17.5. The van der Waals surface area contributed by atoms with Crippen LogP contribution < -0.4 is 10.1 Å². The number of hydrogen-bond acceptors (Lipinski definition) is 4. The first-order valence-electron chi connectivity index (χ1n) is 10.4. The van der Waals surface area contributed by atoms with Gasteiger partial charge >= 0.3 is 0 Å². The van der Waals surface area contributed by atoms with Crippen LogP contribution in [0.1, 0.15) is 12.0 Å². The lowest BCUT2D eigenvalue weighted by atomic mass is 10.1. The summed E-state index contributed by atoms with van der Waals surface area (Å²) in [5, 5.41) is 16.9. The van der Waals surface area contributed by atoms with E-state index in [9.17, 15) is 4.79 Å². The monoisotopic (exact) mass is 425 g/mol. The number of carbonyl (C=O) groups excluding carboxylic acids is 1. The van der Waals surface area contributed by atoms with E-state index in [-0.39, 0.29) is 5.91 Å². The fourth-order valence-corrected chi connectivity index (χ4v) is 3.47. The molecule has 32 heavy (non-hydrogen) atoms. The molecule has 4 rings (SSSR count). The number of ether oxygens (including phenoxy) is 1. The summed E-state index contributed by atoms with van der Waals surface area (Å²) in [6, 6.07) is 19.3. The Morgan fingerprint density at radius 3 is 2.91 bits per heavy atom. The minimum absolute atomic E-state index is 0.229. The molecule has 0 bridgehead atoms. The van der Waals surface area contributed by atoms with E-state index in [1.807, 2.05) is 65.5 Å². The Labute approximate surface area is 186 Å². The number of anilines is 1. The first-order chi connectivity index (χ1) is 15.7. The van der Waals surface area contributed by atoms with Crippen molar-refractivity contribution in [1.82, 2.24) is 14.3 Å². The Morgan fingerprint density at radius 1 is 1.16 bits per heavy atom. The highest BCUT2D eigenvalue weighted by molar-refractivity contribution is 6.03. The quantitative estimate of drug-likeness (QED) is 0.401. The molecule has 0 fully saturated rings. The second kappa shape index (κ2) is 10.1. The molecule has 1 amide bonds. The van der Waals surface area contributed by atoms with Crippen molar-refractivity contribution in [3.8, 4) is 11.8 Å². The normalized spacial score (nSPS) is 11.0. The number of amides is 1. The molecule has 2 heterocycles. The van der Waals surface area contributed by atoms with E-state index < -0.39 is 0 Å². The first-order valence-corrected chi connectivity index (χ1v) is 10.4. The van der Waals surface area contributed by atoms with Gasteiger partial charge in [0.15, 0.2) is 0 Å². The molecule has 160 valence electrons. The smallest absolute Gasteiger partial charge is 0.248 e. The molecule has 0 saturated heterocycles. The highest BCUT2D eigenvalue weighted by atomic mass is 16.5. The topological polar surface area (TPSA) is 84.9 Å². The van der Waals surface area contributed by atoms with Gasteiger partial charge in [-0.15, -0.1) is 0 Å². The SMILES string of the molecule is N#CCCn1cc(/C=C/C(=O)Nc2cccc(OCCn3cccn3)c2)c2ccccc21. The van der Waals surface area contributed by atoms with Crippen LogP contribution in [0.5, 0.6) is 5.75 Å². The van der Waals surface area contributed by atoms with Gasteiger partial charge in [0.1, 0.15) is 12.4 Å². The number of hydrogen-bond donors (Lipinski definition) is 1. The van der Waals surface area contributed by atoms with Crippen molar-refractivity contribution in [2.24, 2.45) is 0 Å². The van der Waals surface area contributed by atoms with E-state index in [1.165, 1.54) is 6.08 Å². The molecule has 4 aromatic rings. The Balaban J connectivity index is 1.39. The molecule has 0 atom stereocenters. The van der Waals surface area contributed by atoms with Gasteiger partial charge in [0.2, 0.25) is 5.91 Å². The van der Waals surface area contributed by atoms with Gasteiger partial charge in [-0.25, -0.2) is 0 Å². The number of aromatic nitrogens is 3. The molecule has 0 spiro atoms. The van der Waals surface area contributed by atoms with Crippen molar-refractivity contribution < 1.29 is 9.53 Å². The average Bonchev–Trinajstić information content (AvgIpc) is 3.45. The third kappa shape index (κ3) is 5.24. The summed E-state index contributed by atoms with van der Waals surface area (Å²) < 4.78 is 9.60. The Hall–Kier alpha value is -4.31. The summed E-state index contributed by atoms with van der Waals surface area (Å²) in [6.45, 7) is 1.74. The minimum Gasteiger partial charge on any atom is -0.492 e. The van der Waals surface area contributed by atoms with Crippen molar-refractivity contribution in [2.45, 2.75) is 19.5 Å². The molecule has 2 aromatic carbocycles. The predicted molar refractivity (Wildman–Crippen MR) is 124 cm³/mol. The van der Waals surface area contributed by atoms with Crippen LogP contribution in [-0.2, 0) is 17.9 Å². The largest absolute Gasteiger partial charge is 0.492 e. The Kier molecular flexibility index (Phi) is 6.63. The van der Waals surface area contributed by atoms with Gasteiger partial charge in [0.05, 0.1) is 19.0 Å². The van der Waals surface area contributed by atoms with Crippen LogP contribution in [0, 0.1) is 11.3 Å². The molecule has 0 aliphatic carbocycles. The van der Waals surface area contributed by atoms with Crippen LogP contribution in [0.2, 0.25) is 0 Å². The molecule has 0 radical (unpaired) electrons. The predicted octanol–water partition coefficient (Wildman–Crippen LogP) is 4.48. The number of nitrogens with one attached hydrogen (secondary N) is 1. The van der Waals surface area contributed by atoms with Crippen molar-refractivity contribution >= 4 is 28.6 Å². The lowest BCUT2D eigenvalue weighted by Crippen LogP contribution is -2.10. The standard InChI is InChI=1S/C25H23N5O2/c26-12-4-14-29-19-20(23-8-1-2-9-24(23)29)10-11-25(31)28-21-6-3-7-22(18-21)32-17-16-30-15-5-13-27-30/h1-3,5-11,13,15,18-19H,4,14,16-17H2,(H,28,31)/b11-10+. The van der Waals surface area contributed by atoms with E-state index in [0.717, 1.165) is 16.5 Å². The summed E-state index contributed by atoms with van der Waals surface area (Å²) in [4.78, 5) is 12.5. The molecule has 0 saturated carbocycles. The number of benzene rings is 2. The molecule has 0 unspecified atom stereocenters. The highest BCUT2D eigenvalue weighted by Crippen LogP contribution is 2.23. The molecule has 0 aliphatic rings. The highest BCUT2D eigenvalue weighted by Gasteiger charge is 2.07. The minimum atomic E-state index is -0.229. The maximum atomic E-state index is 12.5. The third-order valence-corrected chi connectivity index (χ3v) is 4.95. The van der Waals surface area contributed by atoms with E-state index in [2.05, 4.69) is 16.5 Å². The van der Waals surface area contributed by atoms with E-state index in [4.69, 9.17) is 10.00 Å². The summed E-state index contributed by atoms with van der Waals surface area (Å²) in [6.07, 6.45) is 9.33. The number of para-hydroxylation sites is 1. The van der Waals surface area contributed by atoms with Gasteiger partial charge in [0, 0.05) is 59.4 Å². The zero-order chi connectivity index (χ0) is 22.2. The summed E-state index contributed by atoms with van der Waals surface area (Å²) >= 11 is 0. The lowest BCUT2D eigenvalue weighted by molar-refractivity contribution is -0.111. The molecular weight excluding hydrogens is 402 g/mol. The average molecular weight is 425 g/mol. The number of nitriles is 1. The van der Waals surface area contributed by atoms with Gasteiger partial charge in [-0.05, 0) is 30.3 Å². The number of carbonyl (C=O) groups is 1. The van der Waals surface area contributed by atoms with E-state index in [0.29, 0.717) is 37.6 Å². The molecule has 7 nitrogen and oxygen atoms in total. The summed E-state index contributed by atoms with van der Waals surface area (Å²) in [5.74, 6) is 0.451. The van der Waals surface area contributed by atoms with E-state index in [1.54, 1.807) is 23.0 Å². The molecule has 0 aliphatic heterocycles. The van der Waals surface area contributed by atoms with Gasteiger partial charge in [-0.1, -0.05) is 24.3 Å². The number of aryl methyl sites for hydroxylation is 1. The lowest BCUT2D eigenvalue weighted by Gasteiger charge is -2.08. The fraction of sp³-hybridized carbons (Fsp3) is 0.160.